The van der Waals surface area contributed by atoms with Crippen molar-refractivity contribution >= 4 is 5.97 Å². The molecule has 8 heteroatoms. The van der Waals surface area contributed by atoms with Crippen LogP contribution in [-0.2, 0) is 11.3 Å². The number of rotatable bonds is 3. The molecule has 0 aliphatic carbocycles. The van der Waals surface area contributed by atoms with E-state index in [2.05, 4.69) is 5.10 Å². The van der Waals surface area contributed by atoms with Gasteiger partial charge in [-0.15, -0.1) is 0 Å². The molecule has 0 saturated carbocycles. The number of aromatic amines is 2. The van der Waals surface area contributed by atoms with E-state index in [-0.39, 0.29) is 6.54 Å². The number of hydrogen-bond donors (Lipinski definition) is 4. The van der Waals surface area contributed by atoms with Crippen LogP contribution in [0.25, 0.3) is 0 Å². The van der Waals surface area contributed by atoms with E-state index in [0.29, 0.717) is 0 Å². The number of aromatic nitrogens is 3. The van der Waals surface area contributed by atoms with Crippen LogP contribution in [0.1, 0.15) is 0 Å². The fourth-order valence-electron chi connectivity index (χ4n) is 0.769. The molecule has 5 N–H and O–H groups in total. The van der Waals surface area contributed by atoms with Crippen LogP contribution in [-0.4, -0.2) is 31.9 Å². The first kappa shape index (κ1) is 9.26. The molecule has 1 unspecified atom stereocenters. The van der Waals surface area contributed by atoms with E-state index in [1.165, 1.54) is 0 Å². The molecule has 1 aromatic heterocycles. The Balaban J connectivity index is 2.86. The molecule has 1 atom stereocenters. The smallest absolute Gasteiger partial charge is 0.344 e. The van der Waals surface area contributed by atoms with Gasteiger partial charge < -0.3 is 10.8 Å². The maximum Gasteiger partial charge on any atom is 0.344 e. The molecule has 0 aliphatic rings. The number of hydrogen-bond acceptors (Lipinski definition) is 4. The van der Waals surface area contributed by atoms with Crippen LogP contribution in [0.15, 0.2) is 9.59 Å². The quantitative estimate of drug-likeness (QED) is 0.408. The van der Waals surface area contributed by atoms with Crippen molar-refractivity contribution in [2.24, 2.45) is 5.73 Å². The zero-order valence-corrected chi connectivity index (χ0v) is 6.48. The van der Waals surface area contributed by atoms with E-state index in [0.717, 1.165) is 4.68 Å². The van der Waals surface area contributed by atoms with Gasteiger partial charge in [0.05, 0.1) is 6.54 Å². The highest BCUT2D eigenvalue weighted by molar-refractivity contribution is 5.72. The topological polar surface area (TPSA) is 134 Å². The van der Waals surface area contributed by atoms with Crippen molar-refractivity contribution in [3.8, 4) is 0 Å². The fraction of sp³-hybridized carbons (Fsp3) is 0.400. The largest absolute Gasteiger partial charge is 0.480 e. The normalized spacial score (nSPS) is 12.7. The van der Waals surface area contributed by atoms with Crippen LogP contribution < -0.4 is 17.1 Å². The first-order valence-electron chi connectivity index (χ1n) is 3.38. The first-order valence-corrected chi connectivity index (χ1v) is 3.38. The van der Waals surface area contributed by atoms with Gasteiger partial charge in [-0.1, -0.05) is 0 Å². The van der Waals surface area contributed by atoms with Crippen LogP contribution in [0.3, 0.4) is 0 Å². The van der Waals surface area contributed by atoms with Crippen LogP contribution in [0.2, 0.25) is 0 Å². The summed E-state index contributed by atoms with van der Waals surface area (Å²) < 4.78 is 0.807. The summed E-state index contributed by atoms with van der Waals surface area (Å²) in [6.07, 6.45) is 0. The molecule has 72 valence electrons. The van der Waals surface area contributed by atoms with Gasteiger partial charge in [-0.05, 0) is 0 Å². The highest BCUT2D eigenvalue weighted by atomic mass is 16.4. The van der Waals surface area contributed by atoms with Crippen molar-refractivity contribution in [2.45, 2.75) is 12.6 Å². The van der Waals surface area contributed by atoms with E-state index in [9.17, 15) is 14.4 Å². The van der Waals surface area contributed by atoms with E-state index >= 15 is 0 Å². The molecule has 1 aromatic rings. The average molecular weight is 188 g/mol. The van der Waals surface area contributed by atoms with Crippen LogP contribution in [0, 0.1) is 0 Å². The highest BCUT2D eigenvalue weighted by Crippen LogP contribution is 1.80. The second kappa shape index (κ2) is 3.27. The molecule has 0 aliphatic heterocycles. The standard InChI is InChI=1S/C5H8N4O4/c6-2(3(10)11)1-9-5(13)7-4(12)8-9/h2H,1,6H2,(H,10,11)(H2,7,8,12,13). The van der Waals surface area contributed by atoms with Gasteiger partial charge in [0.1, 0.15) is 6.04 Å². The molecular formula is C5H8N4O4. The minimum Gasteiger partial charge on any atom is -0.480 e. The average Bonchev–Trinajstić information content (AvgIpc) is 2.30. The Labute approximate surface area is 71.0 Å². The number of nitrogens with zero attached hydrogens (tertiary/aromatic N) is 1. The summed E-state index contributed by atoms with van der Waals surface area (Å²) in [5, 5.41) is 10.5. The molecule has 0 fully saturated rings. The van der Waals surface area contributed by atoms with Crippen molar-refractivity contribution in [3.05, 3.63) is 21.0 Å². The van der Waals surface area contributed by atoms with Gasteiger partial charge in [0.2, 0.25) is 0 Å². The van der Waals surface area contributed by atoms with Crippen molar-refractivity contribution in [1.82, 2.24) is 14.8 Å². The monoisotopic (exact) mass is 188 g/mol. The fourth-order valence-corrected chi connectivity index (χ4v) is 0.769. The zero-order valence-electron chi connectivity index (χ0n) is 6.48. The van der Waals surface area contributed by atoms with Crippen LogP contribution in [0.5, 0.6) is 0 Å². The Morgan fingerprint density at radius 1 is 1.62 bits per heavy atom. The summed E-state index contributed by atoms with van der Waals surface area (Å²) in [6, 6.07) is -1.22. The molecule has 0 saturated heterocycles. The number of aliphatic carboxylic acids is 1. The summed E-state index contributed by atoms with van der Waals surface area (Å²) in [7, 11) is 0. The third-order valence-corrected chi connectivity index (χ3v) is 1.40. The van der Waals surface area contributed by atoms with E-state index in [4.69, 9.17) is 10.8 Å². The minimum absolute atomic E-state index is 0.271. The third kappa shape index (κ3) is 2.06. The molecule has 0 bridgehead atoms. The zero-order chi connectivity index (χ0) is 10.0. The number of nitrogens with one attached hydrogen (secondary N) is 2. The lowest BCUT2D eigenvalue weighted by Crippen LogP contribution is -2.37. The molecule has 1 heterocycles. The van der Waals surface area contributed by atoms with Gasteiger partial charge in [0.15, 0.2) is 0 Å². The molecular weight excluding hydrogens is 180 g/mol. The van der Waals surface area contributed by atoms with Gasteiger partial charge in [0.25, 0.3) is 0 Å². The summed E-state index contributed by atoms with van der Waals surface area (Å²) >= 11 is 0. The number of carbonyl (C=O) groups is 1. The van der Waals surface area contributed by atoms with Gasteiger partial charge in [-0.25, -0.2) is 19.4 Å². The highest BCUT2D eigenvalue weighted by Gasteiger charge is 2.13. The second-order valence-electron chi connectivity index (χ2n) is 2.43. The summed E-state index contributed by atoms with van der Waals surface area (Å²) in [5.74, 6) is -1.24. The van der Waals surface area contributed by atoms with Crippen LogP contribution in [0.4, 0.5) is 0 Å². The summed E-state index contributed by atoms with van der Waals surface area (Å²) in [4.78, 5) is 33.5. The summed E-state index contributed by atoms with van der Waals surface area (Å²) in [5.41, 5.74) is 3.73. The maximum absolute atomic E-state index is 10.8. The predicted molar refractivity (Wildman–Crippen MR) is 41.3 cm³/mol. The number of H-pyrrole nitrogens is 2. The Morgan fingerprint density at radius 3 is 2.62 bits per heavy atom. The second-order valence-corrected chi connectivity index (χ2v) is 2.43. The minimum atomic E-state index is -1.24. The van der Waals surface area contributed by atoms with Gasteiger partial charge in [-0.2, -0.15) is 0 Å². The van der Waals surface area contributed by atoms with Crippen molar-refractivity contribution in [2.75, 3.05) is 0 Å². The molecule has 0 spiro atoms. The van der Waals surface area contributed by atoms with Gasteiger partial charge in [-0.3, -0.25) is 9.78 Å². The summed E-state index contributed by atoms with van der Waals surface area (Å²) in [6.45, 7) is -0.271. The molecule has 0 aromatic carbocycles. The van der Waals surface area contributed by atoms with Crippen molar-refractivity contribution < 1.29 is 9.90 Å². The van der Waals surface area contributed by atoms with Gasteiger partial charge >= 0.3 is 17.3 Å². The van der Waals surface area contributed by atoms with E-state index in [1.807, 2.05) is 4.98 Å². The Morgan fingerprint density at radius 2 is 2.23 bits per heavy atom. The lowest BCUT2D eigenvalue weighted by molar-refractivity contribution is -0.138. The molecule has 0 amide bonds. The number of carboxylic acids is 1. The maximum atomic E-state index is 10.8. The third-order valence-electron chi connectivity index (χ3n) is 1.40. The lowest BCUT2D eigenvalue weighted by atomic mass is 10.3. The number of nitrogens with two attached hydrogens (primary N) is 1. The molecule has 13 heavy (non-hydrogen) atoms. The number of carboxylic acid groups (broad SMARTS) is 1. The van der Waals surface area contributed by atoms with Crippen molar-refractivity contribution in [1.29, 1.82) is 0 Å². The van der Waals surface area contributed by atoms with E-state index in [1.54, 1.807) is 0 Å². The SMILES string of the molecule is NC(Cn1[nH]c(=O)[nH]c1=O)C(=O)O. The Hall–Kier alpha value is -1.83. The Kier molecular flexibility index (Phi) is 2.33. The van der Waals surface area contributed by atoms with E-state index < -0.39 is 23.4 Å². The Bertz CT molecular complexity index is 413. The van der Waals surface area contributed by atoms with Crippen LogP contribution >= 0.6 is 0 Å². The molecule has 1 rings (SSSR count). The first-order chi connectivity index (χ1) is 6.00. The lowest BCUT2D eigenvalue weighted by Gasteiger charge is -2.04. The van der Waals surface area contributed by atoms with Crippen molar-refractivity contribution in [3.63, 3.8) is 0 Å². The molecule has 0 radical (unpaired) electrons. The predicted octanol–water partition coefficient (Wildman–Crippen LogP) is -2.72. The molecule has 8 nitrogen and oxygen atoms in total. The van der Waals surface area contributed by atoms with Gasteiger partial charge in [0, 0.05) is 0 Å².